The second-order valence-corrected chi connectivity index (χ2v) is 13.8. The van der Waals surface area contributed by atoms with E-state index in [1.54, 1.807) is 54.6 Å². The van der Waals surface area contributed by atoms with Gasteiger partial charge in [0.25, 0.3) is 0 Å². The minimum absolute atomic E-state index is 0.216. The fraction of sp³-hybridized carbons (Fsp3) is 0.182. The summed E-state index contributed by atoms with van der Waals surface area (Å²) in [6.07, 6.45) is -1.83. The van der Waals surface area contributed by atoms with E-state index in [4.69, 9.17) is 15.6 Å². The Morgan fingerprint density at radius 1 is 0.812 bits per heavy atom. The molecule has 10 heteroatoms. The summed E-state index contributed by atoms with van der Waals surface area (Å²) < 4.78 is 71.9. The Bertz CT molecular complexity index is 1040. The van der Waals surface area contributed by atoms with Crippen LogP contribution < -0.4 is 15.9 Å². The van der Waals surface area contributed by atoms with Gasteiger partial charge in [0.1, 0.15) is 0 Å². The second kappa shape index (κ2) is 9.12. The maximum atomic E-state index is 13.7. The first-order valence-electron chi connectivity index (χ1n) is 9.51. The molecule has 1 atom stereocenters. The van der Waals surface area contributed by atoms with Crippen LogP contribution in [0.5, 0.6) is 0 Å². The fourth-order valence-electron chi connectivity index (χ4n) is 3.86. The number of aliphatic hydroxyl groups is 1. The van der Waals surface area contributed by atoms with Crippen molar-refractivity contribution in [2.24, 2.45) is 0 Å². The molecule has 3 aromatic carbocycles. The van der Waals surface area contributed by atoms with E-state index in [2.05, 4.69) is 0 Å². The third kappa shape index (κ3) is 4.18. The fourth-order valence-corrected chi connectivity index (χ4v) is 12.3. The second-order valence-electron chi connectivity index (χ2n) is 7.18. The number of benzene rings is 3. The SMILES string of the molecule is O=S(=O)(OP(CC(O)CCl)(c1ccccc1)(c1ccccc1)c1ccccc1)C(F)(F)F. The first kappa shape index (κ1) is 24.7. The Kier molecular flexibility index (Phi) is 7.03. The molecule has 1 unspecified atom stereocenters. The summed E-state index contributed by atoms with van der Waals surface area (Å²) in [6.45, 7) is -4.97. The summed E-state index contributed by atoms with van der Waals surface area (Å²) in [5.41, 5.74) is -5.68. The van der Waals surface area contributed by atoms with Crippen molar-refractivity contribution >= 4 is 44.5 Å². The Morgan fingerprint density at radius 3 is 1.44 bits per heavy atom. The molecule has 4 nitrogen and oxygen atoms in total. The maximum absolute atomic E-state index is 13.7. The molecule has 0 bridgehead atoms. The van der Waals surface area contributed by atoms with Crippen molar-refractivity contribution in [1.29, 1.82) is 0 Å². The Labute approximate surface area is 189 Å². The zero-order valence-electron chi connectivity index (χ0n) is 16.7. The van der Waals surface area contributed by atoms with E-state index in [0.717, 1.165) is 0 Å². The van der Waals surface area contributed by atoms with Crippen LogP contribution in [0.2, 0.25) is 0 Å². The number of halogens is 4. The number of alkyl halides is 4. The summed E-state index contributed by atoms with van der Waals surface area (Å²) >= 11 is 5.89. The predicted octanol–water partition coefficient (Wildman–Crippen LogP) is 3.90. The van der Waals surface area contributed by atoms with E-state index >= 15 is 0 Å². The van der Waals surface area contributed by atoms with E-state index in [0.29, 0.717) is 0 Å². The monoisotopic (exact) mass is 504 g/mol. The number of aliphatic hydroxyl groups excluding tert-OH is 1. The van der Waals surface area contributed by atoms with Crippen LogP contribution in [0.25, 0.3) is 0 Å². The van der Waals surface area contributed by atoms with Gasteiger partial charge in [-0.2, -0.15) is 0 Å². The van der Waals surface area contributed by atoms with Crippen LogP contribution in [-0.4, -0.2) is 37.2 Å². The first-order chi connectivity index (χ1) is 15.1. The van der Waals surface area contributed by atoms with E-state index in [9.17, 15) is 26.7 Å². The summed E-state index contributed by atoms with van der Waals surface area (Å²) in [7, 11) is -6.11. The van der Waals surface area contributed by atoms with Gasteiger partial charge in [-0.05, 0) is 0 Å². The zero-order valence-corrected chi connectivity index (χ0v) is 19.2. The van der Waals surface area contributed by atoms with Gasteiger partial charge in [-0.25, -0.2) is 0 Å². The van der Waals surface area contributed by atoms with E-state index < -0.39 is 34.7 Å². The van der Waals surface area contributed by atoms with Gasteiger partial charge in [0.2, 0.25) is 0 Å². The summed E-state index contributed by atoms with van der Waals surface area (Å²) in [5.74, 6) is -0.334. The van der Waals surface area contributed by atoms with Crippen molar-refractivity contribution < 1.29 is 30.7 Å². The van der Waals surface area contributed by atoms with Crippen LogP contribution >= 0.6 is 18.4 Å². The van der Waals surface area contributed by atoms with E-state index in [1.165, 1.54) is 36.4 Å². The van der Waals surface area contributed by atoms with Crippen LogP contribution in [0.1, 0.15) is 0 Å². The normalized spacial score (nSPS) is 15.0. The Balaban J connectivity index is 2.59. The number of hydrogen-bond donors (Lipinski definition) is 1. The van der Waals surface area contributed by atoms with Gasteiger partial charge in [-0.3, -0.25) is 0 Å². The molecule has 0 heterocycles. The molecule has 0 spiro atoms. The molecule has 32 heavy (non-hydrogen) atoms. The van der Waals surface area contributed by atoms with Gasteiger partial charge in [0, 0.05) is 0 Å². The molecule has 1 N–H and O–H groups in total. The standard InChI is InChI=1S/C22H21ClF3O4PS/c23-16-18(27)17-31(19-10-4-1-5-11-19,20-12-6-2-7-13-20,21-14-8-3-9-15-21)30-32(28,29)22(24,25)26/h1-15,18,27H,16-17H2. The Morgan fingerprint density at radius 2 is 1.16 bits per heavy atom. The van der Waals surface area contributed by atoms with Crippen LogP contribution in [0, 0.1) is 0 Å². The van der Waals surface area contributed by atoms with Gasteiger partial charge in [0.15, 0.2) is 0 Å². The summed E-state index contributed by atoms with van der Waals surface area (Å²) in [5, 5.41) is 11.3. The molecule has 0 fully saturated rings. The van der Waals surface area contributed by atoms with Crippen LogP contribution in [-0.2, 0) is 14.1 Å². The molecule has 172 valence electrons. The molecule has 0 amide bonds. The molecule has 0 saturated carbocycles. The van der Waals surface area contributed by atoms with Crippen molar-refractivity contribution in [3.8, 4) is 0 Å². The molecule has 0 radical (unpaired) electrons. The topological polar surface area (TPSA) is 63.6 Å². The molecule has 0 aliphatic rings. The molecule has 0 aliphatic carbocycles. The van der Waals surface area contributed by atoms with Crippen molar-refractivity contribution in [3.05, 3.63) is 91.0 Å². The van der Waals surface area contributed by atoms with Gasteiger partial charge in [0.05, 0.1) is 0 Å². The van der Waals surface area contributed by atoms with Crippen molar-refractivity contribution in [1.82, 2.24) is 0 Å². The van der Waals surface area contributed by atoms with Gasteiger partial charge >= 0.3 is 190 Å². The molecule has 0 aromatic heterocycles. The van der Waals surface area contributed by atoms with Gasteiger partial charge in [-0.1, -0.05) is 0 Å². The predicted molar refractivity (Wildman–Crippen MR) is 123 cm³/mol. The van der Waals surface area contributed by atoms with E-state index in [-0.39, 0.29) is 21.8 Å². The van der Waals surface area contributed by atoms with Crippen LogP contribution in [0.15, 0.2) is 91.0 Å². The van der Waals surface area contributed by atoms with Crippen LogP contribution in [0.4, 0.5) is 13.2 Å². The number of rotatable bonds is 8. The third-order valence-corrected chi connectivity index (χ3v) is 13.5. The van der Waals surface area contributed by atoms with Crippen molar-refractivity contribution in [2.75, 3.05) is 12.0 Å². The average Bonchev–Trinajstić information content (AvgIpc) is 2.79. The molecule has 3 aromatic rings. The molecule has 3 rings (SSSR count). The van der Waals surface area contributed by atoms with Crippen molar-refractivity contribution in [3.63, 3.8) is 0 Å². The quantitative estimate of drug-likeness (QED) is 0.287. The first-order valence-corrected chi connectivity index (χ1v) is 13.8. The average molecular weight is 505 g/mol. The summed E-state index contributed by atoms with van der Waals surface area (Å²) in [6, 6.07) is 23.6. The number of hydrogen-bond acceptors (Lipinski definition) is 4. The minimum atomic E-state index is -6.11. The zero-order chi connectivity index (χ0) is 23.5. The Hall–Kier alpha value is -1.96. The van der Waals surface area contributed by atoms with Crippen LogP contribution in [0.3, 0.4) is 0 Å². The van der Waals surface area contributed by atoms with Gasteiger partial charge in [-0.15, -0.1) is 0 Å². The van der Waals surface area contributed by atoms with Crippen molar-refractivity contribution in [2.45, 2.75) is 11.6 Å². The van der Waals surface area contributed by atoms with Gasteiger partial charge < -0.3 is 0 Å². The molecule has 0 saturated heterocycles. The van der Waals surface area contributed by atoms with E-state index in [1.807, 2.05) is 0 Å². The molecular weight excluding hydrogens is 484 g/mol. The summed E-state index contributed by atoms with van der Waals surface area (Å²) in [4.78, 5) is 0. The molecule has 0 aliphatic heterocycles. The molecular formula is C22H21ClF3O4PS. The third-order valence-electron chi connectivity index (χ3n) is 5.19.